The molecule has 2 aromatic carbocycles. The van der Waals surface area contributed by atoms with Crippen molar-refractivity contribution >= 4 is 11.6 Å². The summed E-state index contributed by atoms with van der Waals surface area (Å²) in [5.41, 5.74) is 2.26. The van der Waals surface area contributed by atoms with Crippen LogP contribution in [0.15, 0.2) is 72.8 Å². The zero-order valence-corrected chi connectivity index (χ0v) is 12.4. The first kappa shape index (κ1) is 15.0. The summed E-state index contributed by atoms with van der Waals surface area (Å²) < 4.78 is 0. The lowest BCUT2D eigenvalue weighted by molar-refractivity contribution is -0.113. The molecule has 0 saturated heterocycles. The Bertz CT molecular complexity index is 575. The molecule has 0 unspecified atom stereocenters. The molecule has 0 aliphatic heterocycles. The van der Waals surface area contributed by atoms with E-state index >= 15 is 0 Å². The highest BCUT2D eigenvalue weighted by Gasteiger charge is 2.05. The molecule has 0 N–H and O–H groups in total. The third kappa shape index (κ3) is 4.92. The topological polar surface area (TPSA) is 20.3 Å². The van der Waals surface area contributed by atoms with Gasteiger partial charge < -0.3 is 4.90 Å². The molecule has 21 heavy (non-hydrogen) atoms. The average molecular weight is 279 g/mol. The highest BCUT2D eigenvalue weighted by atomic mass is 16.2. The summed E-state index contributed by atoms with van der Waals surface area (Å²) in [6.45, 7) is 0. The Balaban J connectivity index is 1.75. The Labute approximate surface area is 126 Å². The zero-order chi connectivity index (χ0) is 14.9. The highest BCUT2D eigenvalue weighted by molar-refractivity contribution is 6.00. The summed E-state index contributed by atoms with van der Waals surface area (Å²) >= 11 is 0. The number of nitrogens with zero attached hydrogens (tertiary/aromatic N) is 1. The number of benzene rings is 2. The van der Waals surface area contributed by atoms with E-state index in [4.69, 9.17) is 0 Å². The lowest BCUT2D eigenvalue weighted by Gasteiger charge is -2.14. The van der Waals surface area contributed by atoms with Gasteiger partial charge in [-0.15, -0.1) is 0 Å². The number of allylic oxidation sites excluding steroid dienone is 1. The molecule has 0 radical (unpaired) electrons. The van der Waals surface area contributed by atoms with Gasteiger partial charge in [-0.05, 0) is 43.0 Å². The fourth-order valence-corrected chi connectivity index (χ4v) is 2.14. The van der Waals surface area contributed by atoms with Crippen LogP contribution >= 0.6 is 0 Å². The van der Waals surface area contributed by atoms with Crippen LogP contribution in [0, 0.1) is 0 Å². The van der Waals surface area contributed by atoms with Crippen molar-refractivity contribution in [2.24, 2.45) is 0 Å². The minimum absolute atomic E-state index is 0.0147. The molecule has 0 atom stereocenters. The van der Waals surface area contributed by atoms with E-state index in [9.17, 15) is 4.79 Å². The summed E-state index contributed by atoms with van der Waals surface area (Å²) in [7, 11) is 1.80. The van der Waals surface area contributed by atoms with Crippen molar-refractivity contribution < 1.29 is 4.79 Å². The molecule has 0 bridgehead atoms. The van der Waals surface area contributed by atoms with Gasteiger partial charge in [-0.3, -0.25) is 4.79 Å². The Kier molecular flexibility index (Phi) is 5.77. The lowest BCUT2D eigenvalue weighted by atomic mass is 10.1. The number of hydrogen-bond donors (Lipinski definition) is 0. The van der Waals surface area contributed by atoms with E-state index in [1.807, 2.05) is 42.5 Å². The number of hydrogen-bond acceptors (Lipinski definition) is 1. The van der Waals surface area contributed by atoms with Crippen LogP contribution in [-0.4, -0.2) is 13.0 Å². The predicted octanol–water partition coefficient (Wildman–Crippen LogP) is 4.23. The minimum Gasteiger partial charge on any atom is -0.312 e. The number of carbonyl (C=O) groups excluding carboxylic acids is 1. The van der Waals surface area contributed by atoms with Gasteiger partial charge in [0.2, 0.25) is 5.91 Å². The number of aryl methyl sites for hydroxylation is 1. The Morgan fingerprint density at radius 2 is 1.62 bits per heavy atom. The van der Waals surface area contributed by atoms with Crippen LogP contribution in [0.1, 0.15) is 18.4 Å². The summed E-state index contributed by atoms with van der Waals surface area (Å²) in [5.74, 6) is 0.0147. The van der Waals surface area contributed by atoms with Crippen LogP contribution in [0.3, 0.4) is 0 Å². The maximum atomic E-state index is 12.0. The molecule has 0 fully saturated rings. The molecule has 0 heterocycles. The second-order valence-corrected chi connectivity index (χ2v) is 5.01. The molecular weight excluding hydrogens is 258 g/mol. The van der Waals surface area contributed by atoms with E-state index in [1.165, 1.54) is 5.56 Å². The van der Waals surface area contributed by atoms with Gasteiger partial charge in [-0.25, -0.2) is 0 Å². The van der Waals surface area contributed by atoms with Crippen molar-refractivity contribution in [2.75, 3.05) is 11.9 Å². The maximum Gasteiger partial charge on any atom is 0.250 e. The number of unbranched alkanes of at least 4 members (excludes halogenated alkanes) is 1. The summed E-state index contributed by atoms with van der Waals surface area (Å²) in [6.07, 6.45) is 6.66. The third-order valence-corrected chi connectivity index (χ3v) is 3.41. The van der Waals surface area contributed by atoms with Crippen molar-refractivity contribution in [2.45, 2.75) is 19.3 Å². The quantitative estimate of drug-likeness (QED) is 0.572. The molecular formula is C19H21NO. The molecule has 2 rings (SSSR count). The van der Waals surface area contributed by atoms with Gasteiger partial charge in [0.1, 0.15) is 0 Å². The number of rotatable bonds is 6. The van der Waals surface area contributed by atoms with Gasteiger partial charge in [-0.1, -0.05) is 54.6 Å². The van der Waals surface area contributed by atoms with Crippen molar-refractivity contribution in [3.05, 3.63) is 78.4 Å². The van der Waals surface area contributed by atoms with Gasteiger partial charge in [-0.2, -0.15) is 0 Å². The number of anilines is 1. The lowest BCUT2D eigenvalue weighted by Crippen LogP contribution is -2.23. The molecule has 0 aromatic heterocycles. The third-order valence-electron chi connectivity index (χ3n) is 3.41. The van der Waals surface area contributed by atoms with Crippen LogP contribution in [-0.2, 0) is 11.2 Å². The van der Waals surface area contributed by atoms with Crippen LogP contribution < -0.4 is 4.90 Å². The van der Waals surface area contributed by atoms with E-state index in [-0.39, 0.29) is 5.91 Å². The first-order chi connectivity index (χ1) is 10.3. The standard InChI is InChI=1S/C19H21NO/c1-20(18-14-8-4-9-15-18)19(21)16-10-3-7-13-17-11-5-2-6-12-17/h2,4-6,8-12,14-16H,3,7,13H2,1H3. The van der Waals surface area contributed by atoms with Gasteiger partial charge >= 0.3 is 0 Å². The second-order valence-electron chi connectivity index (χ2n) is 5.01. The summed E-state index contributed by atoms with van der Waals surface area (Å²) in [5, 5.41) is 0. The largest absolute Gasteiger partial charge is 0.312 e. The summed E-state index contributed by atoms with van der Waals surface area (Å²) in [4.78, 5) is 13.7. The smallest absolute Gasteiger partial charge is 0.250 e. The van der Waals surface area contributed by atoms with E-state index < -0.39 is 0 Å². The van der Waals surface area contributed by atoms with Gasteiger partial charge in [0.15, 0.2) is 0 Å². The van der Waals surface area contributed by atoms with E-state index in [0.717, 1.165) is 24.9 Å². The summed E-state index contributed by atoms with van der Waals surface area (Å²) in [6, 6.07) is 20.1. The minimum atomic E-state index is 0.0147. The van der Waals surface area contributed by atoms with Crippen LogP contribution in [0.2, 0.25) is 0 Å². The van der Waals surface area contributed by atoms with Gasteiger partial charge in [0.25, 0.3) is 0 Å². The number of amides is 1. The SMILES string of the molecule is CN(C(=O)C=CCCCc1ccccc1)c1ccccc1. The molecule has 0 aliphatic carbocycles. The fourth-order valence-electron chi connectivity index (χ4n) is 2.14. The Hall–Kier alpha value is -2.35. The number of likely N-dealkylation sites (N-methyl/N-ethyl adjacent to an activating group) is 1. The molecule has 1 amide bonds. The molecule has 0 aliphatic rings. The van der Waals surface area contributed by atoms with Crippen LogP contribution in [0.25, 0.3) is 0 Å². The van der Waals surface area contributed by atoms with Crippen molar-refractivity contribution in [3.63, 3.8) is 0 Å². The first-order valence-corrected chi connectivity index (χ1v) is 7.30. The Morgan fingerprint density at radius 1 is 1.00 bits per heavy atom. The van der Waals surface area contributed by atoms with Crippen LogP contribution in [0.5, 0.6) is 0 Å². The van der Waals surface area contributed by atoms with E-state index in [2.05, 4.69) is 24.3 Å². The predicted molar refractivity (Wildman–Crippen MR) is 88.4 cm³/mol. The number of carbonyl (C=O) groups is 1. The molecule has 0 saturated carbocycles. The van der Waals surface area contributed by atoms with Gasteiger partial charge in [0, 0.05) is 12.7 Å². The monoisotopic (exact) mass is 279 g/mol. The van der Waals surface area contributed by atoms with E-state index in [1.54, 1.807) is 18.0 Å². The fraction of sp³-hybridized carbons (Fsp3) is 0.211. The van der Waals surface area contributed by atoms with Crippen LogP contribution in [0.4, 0.5) is 5.69 Å². The van der Waals surface area contributed by atoms with Crippen molar-refractivity contribution in [1.82, 2.24) is 0 Å². The second kappa shape index (κ2) is 8.05. The molecule has 108 valence electrons. The number of para-hydroxylation sites is 1. The molecule has 2 heteroatoms. The zero-order valence-electron chi connectivity index (χ0n) is 12.4. The Morgan fingerprint density at radius 3 is 2.29 bits per heavy atom. The van der Waals surface area contributed by atoms with Crippen molar-refractivity contribution in [1.29, 1.82) is 0 Å². The molecule has 0 spiro atoms. The first-order valence-electron chi connectivity index (χ1n) is 7.30. The molecule has 2 aromatic rings. The maximum absolute atomic E-state index is 12.0. The van der Waals surface area contributed by atoms with E-state index in [0.29, 0.717) is 0 Å². The highest BCUT2D eigenvalue weighted by Crippen LogP contribution is 2.11. The average Bonchev–Trinajstić information content (AvgIpc) is 2.55. The van der Waals surface area contributed by atoms with Gasteiger partial charge in [0.05, 0.1) is 0 Å². The molecule has 2 nitrogen and oxygen atoms in total. The normalized spacial score (nSPS) is 10.7. The van der Waals surface area contributed by atoms with Crippen molar-refractivity contribution in [3.8, 4) is 0 Å².